The molecule has 29 heavy (non-hydrogen) atoms. The first kappa shape index (κ1) is 21.5. The minimum absolute atomic E-state index is 0.0260. The lowest BCUT2D eigenvalue weighted by atomic mass is 10.1. The number of carbonyl (C=O) groups is 1. The normalized spacial score (nSPS) is 15.2. The van der Waals surface area contributed by atoms with Gasteiger partial charge in [-0.1, -0.05) is 24.3 Å². The molecular weight excluding hydrogens is 391 g/mol. The van der Waals surface area contributed by atoms with Gasteiger partial charge in [-0.3, -0.25) is 4.79 Å². The van der Waals surface area contributed by atoms with E-state index in [1.807, 2.05) is 12.1 Å². The SMILES string of the molecule is O=C(CCS(=O)(=O)c1ccc(F)cc1)NCc1ccc(C[NH+]2CCCCC2)cc1. The van der Waals surface area contributed by atoms with Gasteiger partial charge in [0, 0.05) is 18.5 Å². The second-order valence-corrected chi connectivity index (χ2v) is 9.71. The predicted octanol–water partition coefficient (Wildman–Crippen LogP) is 1.87. The molecule has 0 saturated carbocycles. The van der Waals surface area contributed by atoms with Crippen LogP contribution >= 0.6 is 0 Å². The highest BCUT2D eigenvalue weighted by molar-refractivity contribution is 7.91. The Morgan fingerprint density at radius 1 is 0.931 bits per heavy atom. The molecule has 0 bridgehead atoms. The summed E-state index contributed by atoms with van der Waals surface area (Å²) in [5.41, 5.74) is 2.28. The Bertz CT molecular complexity index is 906. The van der Waals surface area contributed by atoms with E-state index < -0.39 is 15.7 Å². The number of halogens is 1. The second-order valence-electron chi connectivity index (χ2n) is 7.60. The molecule has 2 aromatic rings. The van der Waals surface area contributed by atoms with Gasteiger partial charge in [0.25, 0.3) is 0 Å². The molecule has 1 amide bonds. The van der Waals surface area contributed by atoms with Gasteiger partial charge in [0.1, 0.15) is 12.4 Å². The molecule has 2 aromatic carbocycles. The molecule has 5 nitrogen and oxygen atoms in total. The average molecular weight is 420 g/mol. The summed E-state index contributed by atoms with van der Waals surface area (Å²) < 4.78 is 37.4. The molecule has 0 aliphatic carbocycles. The molecule has 7 heteroatoms. The molecule has 2 N–H and O–H groups in total. The predicted molar refractivity (Wildman–Crippen MR) is 110 cm³/mol. The number of hydrogen-bond acceptors (Lipinski definition) is 3. The molecule has 1 saturated heterocycles. The lowest BCUT2D eigenvalue weighted by molar-refractivity contribution is -0.918. The first-order valence-electron chi connectivity index (χ1n) is 10.1. The van der Waals surface area contributed by atoms with Crippen LogP contribution in [0.4, 0.5) is 4.39 Å². The lowest BCUT2D eigenvalue weighted by Gasteiger charge is -2.23. The quantitative estimate of drug-likeness (QED) is 0.642. The van der Waals surface area contributed by atoms with Crippen molar-refractivity contribution >= 4 is 15.7 Å². The summed E-state index contributed by atoms with van der Waals surface area (Å²) in [6.45, 7) is 3.87. The maximum Gasteiger partial charge on any atom is 0.221 e. The number of carbonyl (C=O) groups excluding carboxylic acids is 1. The number of likely N-dealkylation sites (tertiary alicyclic amines) is 1. The molecule has 3 rings (SSSR count). The van der Waals surface area contributed by atoms with Gasteiger partial charge in [-0.25, -0.2) is 12.8 Å². The average Bonchev–Trinajstić information content (AvgIpc) is 2.73. The first-order valence-corrected chi connectivity index (χ1v) is 11.7. The van der Waals surface area contributed by atoms with Crippen LogP contribution in [0.1, 0.15) is 36.8 Å². The van der Waals surface area contributed by atoms with Gasteiger partial charge < -0.3 is 10.2 Å². The van der Waals surface area contributed by atoms with Crippen molar-refractivity contribution in [3.05, 3.63) is 65.5 Å². The second kappa shape index (κ2) is 9.98. The van der Waals surface area contributed by atoms with E-state index in [9.17, 15) is 17.6 Å². The summed E-state index contributed by atoms with van der Waals surface area (Å²) in [4.78, 5) is 13.7. The number of quaternary nitrogens is 1. The Morgan fingerprint density at radius 2 is 1.55 bits per heavy atom. The Hall–Kier alpha value is -2.25. The van der Waals surface area contributed by atoms with E-state index in [0.29, 0.717) is 6.54 Å². The molecule has 0 radical (unpaired) electrons. The fourth-order valence-electron chi connectivity index (χ4n) is 3.57. The number of sulfone groups is 1. The van der Waals surface area contributed by atoms with Gasteiger partial charge in [-0.15, -0.1) is 0 Å². The molecule has 1 aliphatic heterocycles. The highest BCUT2D eigenvalue weighted by Crippen LogP contribution is 2.13. The topological polar surface area (TPSA) is 67.7 Å². The van der Waals surface area contributed by atoms with Crippen molar-refractivity contribution in [3.63, 3.8) is 0 Å². The van der Waals surface area contributed by atoms with Crippen LogP contribution in [0.5, 0.6) is 0 Å². The molecule has 1 fully saturated rings. The Kier molecular flexibility index (Phi) is 7.39. The number of rotatable bonds is 8. The molecule has 0 atom stereocenters. The van der Waals surface area contributed by atoms with Crippen LogP contribution in [0, 0.1) is 5.82 Å². The largest absolute Gasteiger partial charge is 0.352 e. The fraction of sp³-hybridized carbons (Fsp3) is 0.409. The third kappa shape index (κ3) is 6.65. The summed E-state index contributed by atoms with van der Waals surface area (Å²) in [6.07, 6.45) is 3.82. The minimum atomic E-state index is -3.60. The zero-order chi connectivity index (χ0) is 20.7. The monoisotopic (exact) mass is 419 g/mol. The van der Waals surface area contributed by atoms with E-state index >= 15 is 0 Å². The summed E-state index contributed by atoms with van der Waals surface area (Å²) in [6, 6.07) is 12.9. The summed E-state index contributed by atoms with van der Waals surface area (Å²) in [7, 11) is -3.60. The van der Waals surface area contributed by atoms with E-state index in [-0.39, 0.29) is 23.0 Å². The zero-order valence-electron chi connectivity index (χ0n) is 16.5. The van der Waals surface area contributed by atoms with Gasteiger partial charge >= 0.3 is 0 Å². The van der Waals surface area contributed by atoms with Crippen molar-refractivity contribution in [3.8, 4) is 0 Å². The van der Waals surface area contributed by atoms with Crippen LogP contribution in [0.3, 0.4) is 0 Å². The third-order valence-electron chi connectivity index (χ3n) is 5.30. The first-order chi connectivity index (χ1) is 13.9. The van der Waals surface area contributed by atoms with Crippen LogP contribution in [-0.2, 0) is 27.7 Å². The van der Waals surface area contributed by atoms with Crippen molar-refractivity contribution in [2.75, 3.05) is 18.8 Å². The van der Waals surface area contributed by atoms with Crippen LogP contribution in [0.15, 0.2) is 53.4 Å². The zero-order valence-corrected chi connectivity index (χ0v) is 17.3. The summed E-state index contributed by atoms with van der Waals surface area (Å²) >= 11 is 0. The summed E-state index contributed by atoms with van der Waals surface area (Å²) in [5.74, 6) is -1.12. The van der Waals surface area contributed by atoms with E-state index in [0.717, 1.165) is 24.2 Å². The molecule has 0 unspecified atom stereocenters. The van der Waals surface area contributed by atoms with Gasteiger partial charge in [0.15, 0.2) is 9.84 Å². The van der Waals surface area contributed by atoms with Crippen molar-refractivity contribution in [2.45, 2.75) is 43.7 Å². The Balaban J connectivity index is 1.43. The van der Waals surface area contributed by atoms with E-state index in [1.54, 1.807) is 4.90 Å². The van der Waals surface area contributed by atoms with Crippen molar-refractivity contribution in [1.82, 2.24) is 5.32 Å². The molecule has 0 aromatic heterocycles. The molecule has 0 spiro atoms. The smallest absolute Gasteiger partial charge is 0.221 e. The number of amides is 1. The van der Waals surface area contributed by atoms with Crippen molar-refractivity contribution < 1.29 is 22.5 Å². The number of benzene rings is 2. The van der Waals surface area contributed by atoms with Crippen LogP contribution < -0.4 is 10.2 Å². The maximum atomic E-state index is 12.9. The van der Waals surface area contributed by atoms with Crippen LogP contribution in [0.2, 0.25) is 0 Å². The molecule has 1 heterocycles. The van der Waals surface area contributed by atoms with Gasteiger partial charge in [0.05, 0.1) is 23.7 Å². The number of piperidine rings is 1. The highest BCUT2D eigenvalue weighted by atomic mass is 32.2. The standard InChI is InChI=1S/C22H27FN2O3S/c23-20-8-10-21(11-9-20)29(27,28)15-12-22(26)24-16-18-4-6-19(7-5-18)17-25-13-2-1-3-14-25/h4-11H,1-3,12-17H2,(H,24,26)/p+1. The van der Waals surface area contributed by atoms with Gasteiger partial charge in [0.2, 0.25) is 5.91 Å². The minimum Gasteiger partial charge on any atom is -0.352 e. The van der Waals surface area contributed by atoms with E-state index in [1.165, 1.54) is 50.0 Å². The third-order valence-corrected chi connectivity index (χ3v) is 7.03. The number of hydrogen-bond donors (Lipinski definition) is 2. The Morgan fingerprint density at radius 3 is 2.21 bits per heavy atom. The highest BCUT2D eigenvalue weighted by Gasteiger charge is 2.17. The van der Waals surface area contributed by atoms with E-state index in [4.69, 9.17) is 0 Å². The van der Waals surface area contributed by atoms with Gasteiger partial charge in [-0.05, 0) is 49.1 Å². The van der Waals surface area contributed by atoms with E-state index in [2.05, 4.69) is 17.4 Å². The van der Waals surface area contributed by atoms with Crippen LogP contribution in [0.25, 0.3) is 0 Å². The Labute approximate surface area is 171 Å². The maximum absolute atomic E-state index is 12.9. The van der Waals surface area contributed by atoms with Crippen molar-refractivity contribution in [1.29, 1.82) is 0 Å². The van der Waals surface area contributed by atoms with Crippen molar-refractivity contribution in [2.24, 2.45) is 0 Å². The fourth-order valence-corrected chi connectivity index (χ4v) is 4.81. The van der Waals surface area contributed by atoms with Gasteiger partial charge in [-0.2, -0.15) is 0 Å². The van der Waals surface area contributed by atoms with Crippen LogP contribution in [-0.4, -0.2) is 33.2 Å². The molecular formula is C22H28FN2O3S+. The number of nitrogens with one attached hydrogen (secondary N) is 2. The molecule has 156 valence electrons. The molecule has 1 aliphatic rings. The summed E-state index contributed by atoms with van der Waals surface area (Å²) in [5, 5.41) is 2.76. The lowest BCUT2D eigenvalue weighted by Crippen LogP contribution is -3.11.